The third-order valence-corrected chi connectivity index (χ3v) is 4.74. The Morgan fingerprint density at radius 1 is 1.03 bits per heavy atom. The lowest BCUT2D eigenvalue weighted by molar-refractivity contribution is -0.172. The number of benzene rings is 1. The number of hydroxylamine groups is 2. The van der Waals surface area contributed by atoms with Crippen molar-refractivity contribution in [1.82, 2.24) is 14.4 Å². The van der Waals surface area contributed by atoms with Gasteiger partial charge in [-0.1, -0.05) is 0 Å². The van der Waals surface area contributed by atoms with Gasteiger partial charge in [0.2, 0.25) is 0 Å². The first kappa shape index (κ1) is 19.3. The van der Waals surface area contributed by atoms with Crippen LogP contribution in [0, 0.1) is 13.8 Å². The molecular weight excluding hydrogens is 388 g/mol. The first-order valence-corrected chi connectivity index (χ1v) is 9.28. The molecule has 0 spiro atoms. The molecular formula is C21H18N4O5. The highest BCUT2D eigenvalue weighted by Crippen LogP contribution is 2.18. The topological polar surface area (TPSA) is 110 Å². The minimum atomic E-state index is -0.829. The van der Waals surface area contributed by atoms with Gasteiger partial charge in [0, 0.05) is 36.1 Å². The summed E-state index contributed by atoms with van der Waals surface area (Å²) in [6, 6.07) is 9.56. The molecule has 30 heavy (non-hydrogen) atoms. The summed E-state index contributed by atoms with van der Waals surface area (Å²) in [4.78, 5) is 57.3. The molecule has 0 atom stereocenters. The van der Waals surface area contributed by atoms with Gasteiger partial charge in [0.05, 0.1) is 11.1 Å². The van der Waals surface area contributed by atoms with Gasteiger partial charge in [-0.25, -0.2) is 9.78 Å². The van der Waals surface area contributed by atoms with Gasteiger partial charge in [-0.15, -0.1) is 5.06 Å². The molecule has 1 N–H and O–H groups in total. The average molecular weight is 406 g/mol. The van der Waals surface area contributed by atoms with E-state index in [4.69, 9.17) is 4.84 Å². The highest BCUT2D eigenvalue weighted by Gasteiger charge is 2.33. The number of aryl methyl sites for hydroxylation is 2. The largest absolute Gasteiger partial charge is 0.363 e. The lowest BCUT2D eigenvalue weighted by Gasteiger charge is -2.12. The highest BCUT2D eigenvalue weighted by atomic mass is 16.7. The summed E-state index contributed by atoms with van der Waals surface area (Å²) in [6.07, 6.45) is 1.84. The van der Waals surface area contributed by atoms with Crippen LogP contribution >= 0.6 is 0 Å². The van der Waals surface area contributed by atoms with Gasteiger partial charge in [-0.2, -0.15) is 0 Å². The van der Waals surface area contributed by atoms with Crippen molar-refractivity contribution in [1.29, 1.82) is 0 Å². The van der Waals surface area contributed by atoms with Gasteiger partial charge < -0.3 is 14.6 Å². The molecule has 9 heteroatoms. The van der Waals surface area contributed by atoms with E-state index >= 15 is 0 Å². The molecule has 1 saturated heterocycles. The minimum absolute atomic E-state index is 0.0275. The van der Waals surface area contributed by atoms with E-state index < -0.39 is 17.8 Å². The van der Waals surface area contributed by atoms with Crippen LogP contribution in [0.1, 0.15) is 44.9 Å². The number of carbonyl (C=O) groups is 4. The van der Waals surface area contributed by atoms with Crippen LogP contribution in [0.4, 0.5) is 5.69 Å². The van der Waals surface area contributed by atoms with Crippen molar-refractivity contribution in [3.05, 3.63) is 65.1 Å². The smallest absolute Gasteiger partial charge is 0.325 e. The zero-order valence-corrected chi connectivity index (χ0v) is 16.3. The van der Waals surface area contributed by atoms with E-state index in [1.807, 2.05) is 24.3 Å². The fourth-order valence-electron chi connectivity index (χ4n) is 3.25. The van der Waals surface area contributed by atoms with Gasteiger partial charge in [-0.3, -0.25) is 14.4 Å². The molecule has 9 nitrogen and oxygen atoms in total. The van der Waals surface area contributed by atoms with E-state index in [1.165, 1.54) is 24.3 Å². The van der Waals surface area contributed by atoms with Crippen molar-refractivity contribution in [2.75, 3.05) is 5.32 Å². The molecule has 0 bridgehead atoms. The summed E-state index contributed by atoms with van der Waals surface area (Å²) < 4.78 is 1.84. The number of nitrogens with zero attached hydrogens (tertiary/aromatic N) is 3. The molecule has 152 valence electrons. The summed E-state index contributed by atoms with van der Waals surface area (Å²) in [5.74, 6) is -2.25. The normalized spacial score (nSPS) is 13.7. The summed E-state index contributed by atoms with van der Waals surface area (Å²) >= 11 is 0. The quantitative estimate of drug-likeness (QED) is 0.667. The standard InChI is InChI=1S/C21H18N4O5/c1-12-11-13(2)24-10-9-16(19(24)22-12)20(28)23-15-5-3-14(4-6-15)21(29)30-25-17(26)7-8-18(25)27/h3-6,9-11H,7-8H2,1-2H3,(H,23,28). The van der Waals surface area contributed by atoms with Crippen molar-refractivity contribution >= 4 is 35.0 Å². The number of aromatic nitrogens is 2. The van der Waals surface area contributed by atoms with Crippen molar-refractivity contribution in [2.45, 2.75) is 26.7 Å². The molecule has 1 fully saturated rings. The number of anilines is 1. The van der Waals surface area contributed by atoms with Crippen LogP contribution in [0.25, 0.3) is 5.65 Å². The van der Waals surface area contributed by atoms with Crippen LogP contribution in [0.2, 0.25) is 0 Å². The third-order valence-electron chi connectivity index (χ3n) is 4.74. The molecule has 2 aromatic heterocycles. The molecule has 0 saturated carbocycles. The van der Waals surface area contributed by atoms with E-state index in [2.05, 4.69) is 10.3 Å². The molecule has 3 heterocycles. The van der Waals surface area contributed by atoms with Crippen molar-refractivity contribution in [2.24, 2.45) is 0 Å². The molecule has 0 radical (unpaired) electrons. The van der Waals surface area contributed by atoms with Crippen LogP contribution in [0.3, 0.4) is 0 Å². The van der Waals surface area contributed by atoms with Gasteiger partial charge in [0.25, 0.3) is 17.7 Å². The van der Waals surface area contributed by atoms with E-state index in [0.717, 1.165) is 11.4 Å². The van der Waals surface area contributed by atoms with Gasteiger partial charge in [0.1, 0.15) is 5.65 Å². The predicted molar refractivity (Wildman–Crippen MR) is 106 cm³/mol. The number of hydrogen-bond acceptors (Lipinski definition) is 6. The first-order chi connectivity index (χ1) is 14.3. The van der Waals surface area contributed by atoms with E-state index in [0.29, 0.717) is 22.0 Å². The second kappa shape index (κ2) is 7.43. The van der Waals surface area contributed by atoms with Crippen molar-refractivity contribution in [3.63, 3.8) is 0 Å². The fourth-order valence-corrected chi connectivity index (χ4v) is 3.25. The Bertz CT molecular complexity index is 1180. The summed E-state index contributed by atoms with van der Waals surface area (Å²) in [5, 5.41) is 3.26. The van der Waals surface area contributed by atoms with Gasteiger partial charge in [0.15, 0.2) is 0 Å². The lowest BCUT2D eigenvalue weighted by atomic mass is 10.2. The second-order valence-electron chi connectivity index (χ2n) is 6.95. The van der Waals surface area contributed by atoms with Gasteiger partial charge >= 0.3 is 5.97 Å². The average Bonchev–Trinajstić information content (AvgIpc) is 3.27. The lowest BCUT2D eigenvalue weighted by Crippen LogP contribution is -2.32. The van der Waals surface area contributed by atoms with Crippen molar-refractivity contribution in [3.8, 4) is 0 Å². The van der Waals surface area contributed by atoms with Gasteiger partial charge in [-0.05, 0) is 50.2 Å². The maximum atomic E-state index is 12.7. The van der Waals surface area contributed by atoms with Crippen LogP contribution < -0.4 is 5.32 Å². The maximum Gasteiger partial charge on any atom is 0.363 e. The van der Waals surface area contributed by atoms with Crippen LogP contribution in [0.15, 0.2) is 42.6 Å². The number of fused-ring (bicyclic) bond motifs is 1. The summed E-state index contributed by atoms with van der Waals surface area (Å²) in [7, 11) is 0. The first-order valence-electron chi connectivity index (χ1n) is 9.28. The molecule has 4 rings (SSSR count). The number of nitrogens with one attached hydrogen (secondary N) is 1. The number of imide groups is 1. The zero-order chi connectivity index (χ0) is 21.4. The van der Waals surface area contributed by atoms with Crippen LogP contribution in [-0.2, 0) is 14.4 Å². The summed E-state index contributed by atoms with van der Waals surface area (Å²) in [5.41, 5.74) is 3.37. The molecule has 1 aliphatic heterocycles. The number of carbonyl (C=O) groups excluding carboxylic acids is 4. The molecule has 0 unspecified atom stereocenters. The van der Waals surface area contributed by atoms with Crippen LogP contribution in [0.5, 0.6) is 0 Å². The minimum Gasteiger partial charge on any atom is -0.325 e. The Hall–Kier alpha value is -4.01. The van der Waals surface area contributed by atoms with E-state index in [9.17, 15) is 19.2 Å². The monoisotopic (exact) mass is 406 g/mol. The SMILES string of the molecule is Cc1cc(C)n2ccc(C(=O)Nc3ccc(C(=O)ON4C(=O)CCC4=O)cc3)c2n1. The predicted octanol–water partition coefficient (Wildman–Crippen LogP) is 2.42. The molecule has 0 aliphatic carbocycles. The van der Waals surface area contributed by atoms with Crippen molar-refractivity contribution < 1.29 is 24.0 Å². The number of rotatable bonds is 4. The number of amides is 3. The second-order valence-corrected chi connectivity index (χ2v) is 6.95. The highest BCUT2D eigenvalue weighted by molar-refractivity contribution is 6.08. The Balaban J connectivity index is 1.47. The number of hydrogen-bond donors (Lipinski definition) is 1. The van der Waals surface area contributed by atoms with E-state index in [-0.39, 0.29) is 24.3 Å². The molecule has 1 aromatic carbocycles. The fraction of sp³-hybridized carbons (Fsp3) is 0.190. The third kappa shape index (κ3) is 3.52. The Morgan fingerprint density at radius 3 is 2.37 bits per heavy atom. The maximum absolute atomic E-state index is 12.7. The Morgan fingerprint density at radius 2 is 1.70 bits per heavy atom. The molecule has 3 amide bonds. The Kier molecular flexibility index (Phi) is 4.78. The Labute approximate surface area is 171 Å². The summed E-state index contributed by atoms with van der Waals surface area (Å²) in [6.45, 7) is 3.80. The van der Waals surface area contributed by atoms with E-state index in [1.54, 1.807) is 12.3 Å². The van der Waals surface area contributed by atoms with Crippen LogP contribution in [-0.4, -0.2) is 38.1 Å². The zero-order valence-electron chi connectivity index (χ0n) is 16.3. The molecule has 1 aliphatic rings. The molecule has 3 aromatic rings.